The van der Waals surface area contributed by atoms with Crippen LogP contribution < -0.4 is 5.56 Å². The van der Waals surface area contributed by atoms with Gasteiger partial charge in [0.05, 0.1) is 16.7 Å². The highest BCUT2D eigenvalue weighted by Crippen LogP contribution is 2.35. The lowest BCUT2D eigenvalue weighted by Crippen LogP contribution is -2.18. The van der Waals surface area contributed by atoms with Crippen molar-refractivity contribution in [2.75, 3.05) is 0 Å². The number of fused-ring (bicyclic) bond motifs is 1. The molecule has 0 saturated heterocycles. The van der Waals surface area contributed by atoms with E-state index in [-0.39, 0.29) is 13.0 Å². The third-order valence-corrected chi connectivity index (χ3v) is 6.52. The summed E-state index contributed by atoms with van der Waals surface area (Å²) < 4.78 is 0. The van der Waals surface area contributed by atoms with Crippen LogP contribution in [0, 0.1) is 12.8 Å². The van der Waals surface area contributed by atoms with Crippen molar-refractivity contribution in [3.63, 3.8) is 0 Å². The summed E-state index contributed by atoms with van der Waals surface area (Å²) in [6, 6.07) is 5.72. The molecule has 1 fully saturated rings. The Morgan fingerprint density at radius 2 is 2.00 bits per heavy atom. The van der Waals surface area contributed by atoms with Crippen LogP contribution in [0.1, 0.15) is 64.3 Å². The Bertz CT molecular complexity index is 807. The summed E-state index contributed by atoms with van der Waals surface area (Å²) in [5.74, 6) is 2.54. The van der Waals surface area contributed by atoms with E-state index in [1.807, 2.05) is 36.9 Å². The number of carbonyl (C=O) groups excluding carboxylic acids is 1. The maximum absolute atomic E-state index is 12.2. The number of para-hydroxylation sites is 1. The topological polar surface area (TPSA) is 62.8 Å². The average molecular weight is 375 g/mol. The number of carbonyl (C=O) groups is 1. The van der Waals surface area contributed by atoms with E-state index in [1.165, 1.54) is 25.7 Å². The molecule has 0 amide bonds. The van der Waals surface area contributed by atoms with Gasteiger partial charge in [-0.1, -0.05) is 19.6 Å². The fraction of sp³-hybridized carbons (Fsp3) is 0.571. The number of ketones is 1. The Balaban J connectivity index is 0.00000243. The predicted molar refractivity (Wildman–Crippen MR) is 111 cm³/mol. The molecule has 5 heteroatoms. The molecule has 1 heterocycles. The number of benzene rings is 1. The van der Waals surface area contributed by atoms with Gasteiger partial charge in [-0.05, 0) is 63.5 Å². The zero-order chi connectivity index (χ0) is 17.8. The van der Waals surface area contributed by atoms with Gasteiger partial charge in [-0.3, -0.25) is 4.79 Å². The van der Waals surface area contributed by atoms with E-state index >= 15 is 0 Å². The van der Waals surface area contributed by atoms with Gasteiger partial charge >= 0.3 is 0 Å². The monoisotopic (exact) mass is 374 g/mol. The largest absolute Gasteiger partial charge is 0.309 e. The lowest BCUT2D eigenvalue weighted by Gasteiger charge is -2.27. The van der Waals surface area contributed by atoms with Crippen LogP contribution in [0.2, 0.25) is 0 Å². The summed E-state index contributed by atoms with van der Waals surface area (Å²) in [4.78, 5) is 31.0. The molecule has 1 aliphatic carbocycles. The molecule has 1 aromatic heterocycles. The standard InChI is InChI=1S/C20H26N2O2S.CH4/c1-13-4-3-5-17-19(13)21-18(22-20(17)24)12-25-16-10-8-15(9-11-16)7-6-14(2)23;/h3-5,15-16H,6-12H2,1-2H3,(H,21,22,24);1H4. The van der Waals surface area contributed by atoms with Crippen molar-refractivity contribution < 1.29 is 4.79 Å². The van der Waals surface area contributed by atoms with Crippen LogP contribution in [-0.4, -0.2) is 21.0 Å². The molecular formula is C21H30N2O2S. The van der Waals surface area contributed by atoms with Gasteiger partial charge in [0, 0.05) is 11.7 Å². The number of hydrogen-bond acceptors (Lipinski definition) is 4. The van der Waals surface area contributed by atoms with Gasteiger partial charge in [0.25, 0.3) is 5.56 Å². The van der Waals surface area contributed by atoms with Crippen molar-refractivity contribution in [1.29, 1.82) is 0 Å². The van der Waals surface area contributed by atoms with Crippen molar-refractivity contribution >= 4 is 28.4 Å². The molecular weight excluding hydrogens is 344 g/mol. The fourth-order valence-corrected chi connectivity index (χ4v) is 4.75. The number of nitrogens with one attached hydrogen (secondary N) is 1. The first-order chi connectivity index (χ1) is 12.0. The van der Waals surface area contributed by atoms with Crippen LogP contribution in [0.5, 0.6) is 0 Å². The molecule has 26 heavy (non-hydrogen) atoms. The molecule has 0 atom stereocenters. The second-order valence-corrected chi connectivity index (χ2v) is 8.47. The van der Waals surface area contributed by atoms with Gasteiger partial charge in [-0.15, -0.1) is 0 Å². The number of aromatic nitrogens is 2. The smallest absolute Gasteiger partial charge is 0.258 e. The Morgan fingerprint density at radius 3 is 2.69 bits per heavy atom. The van der Waals surface area contributed by atoms with E-state index in [1.54, 1.807) is 6.92 Å². The number of aryl methyl sites for hydroxylation is 1. The van der Waals surface area contributed by atoms with Gasteiger partial charge in [0.2, 0.25) is 0 Å². The maximum Gasteiger partial charge on any atom is 0.258 e. The molecule has 3 rings (SSSR count). The molecule has 0 spiro atoms. The lowest BCUT2D eigenvalue weighted by atomic mass is 9.85. The number of Topliss-reactive ketones (excluding diaryl/α,β-unsaturated/α-hetero) is 1. The molecule has 0 unspecified atom stereocenters. The molecule has 142 valence electrons. The van der Waals surface area contributed by atoms with Gasteiger partial charge in [-0.2, -0.15) is 11.8 Å². The van der Waals surface area contributed by atoms with E-state index in [4.69, 9.17) is 0 Å². The summed E-state index contributed by atoms with van der Waals surface area (Å²) in [5, 5.41) is 1.30. The number of thioether (sulfide) groups is 1. The Kier molecular flexibility index (Phi) is 7.44. The molecule has 0 bridgehead atoms. The Morgan fingerprint density at radius 1 is 1.27 bits per heavy atom. The molecule has 2 aromatic rings. The fourth-order valence-electron chi connectivity index (χ4n) is 3.61. The normalized spacial score (nSPS) is 19.9. The van der Waals surface area contributed by atoms with E-state index in [9.17, 15) is 9.59 Å². The van der Waals surface area contributed by atoms with Crippen LogP contribution in [0.3, 0.4) is 0 Å². The Hall–Kier alpha value is -1.62. The minimum atomic E-state index is -0.0442. The molecule has 0 radical (unpaired) electrons. The molecule has 4 nitrogen and oxygen atoms in total. The molecule has 1 aromatic carbocycles. The highest BCUT2D eigenvalue weighted by Gasteiger charge is 2.22. The van der Waals surface area contributed by atoms with Crippen LogP contribution in [0.25, 0.3) is 10.9 Å². The zero-order valence-electron chi connectivity index (χ0n) is 15.0. The molecule has 1 saturated carbocycles. The minimum absolute atomic E-state index is 0. The van der Waals surface area contributed by atoms with E-state index in [0.29, 0.717) is 22.3 Å². The summed E-state index contributed by atoms with van der Waals surface area (Å²) in [6.45, 7) is 3.68. The summed E-state index contributed by atoms with van der Waals surface area (Å²) in [5.41, 5.74) is 1.81. The second-order valence-electron chi connectivity index (χ2n) is 7.18. The maximum atomic E-state index is 12.2. The SMILES string of the molecule is C.CC(=O)CCC1CCC(SCc2nc3c(C)cccc3c(=O)[nH]2)CC1. The van der Waals surface area contributed by atoms with Crippen LogP contribution in [-0.2, 0) is 10.5 Å². The number of hydrogen-bond donors (Lipinski definition) is 1. The van der Waals surface area contributed by atoms with Crippen LogP contribution in [0.4, 0.5) is 0 Å². The zero-order valence-corrected chi connectivity index (χ0v) is 15.8. The summed E-state index contributed by atoms with van der Waals surface area (Å²) in [6.07, 6.45) is 6.60. The number of aromatic amines is 1. The first-order valence-corrected chi connectivity index (χ1v) is 10.2. The average Bonchev–Trinajstić information content (AvgIpc) is 2.60. The van der Waals surface area contributed by atoms with Crippen molar-refractivity contribution in [1.82, 2.24) is 9.97 Å². The molecule has 1 aliphatic rings. The van der Waals surface area contributed by atoms with Gasteiger partial charge in [-0.25, -0.2) is 4.98 Å². The third kappa shape index (κ3) is 5.19. The number of nitrogens with zero attached hydrogens (tertiary/aromatic N) is 1. The van der Waals surface area contributed by atoms with Crippen molar-refractivity contribution in [2.24, 2.45) is 5.92 Å². The summed E-state index contributed by atoms with van der Waals surface area (Å²) in [7, 11) is 0. The van der Waals surface area contributed by atoms with Crippen LogP contribution >= 0.6 is 11.8 Å². The number of rotatable bonds is 6. The first kappa shape index (κ1) is 20.7. The third-order valence-electron chi connectivity index (χ3n) is 5.14. The van der Waals surface area contributed by atoms with Crippen molar-refractivity contribution in [3.8, 4) is 0 Å². The minimum Gasteiger partial charge on any atom is -0.309 e. The highest BCUT2D eigenvalue weighted by molar-refractivity contribution is 7.99. The van der Waals surface area contributed by atoms with E-state index in [2.05, 4.69) is 9.97 Å². The summed E-state index contributed by atoms with van der Waals surface area (Å²) >= 11 is 1.90. The van der Waals surface area contributed by atoms with Crippen molar-refractivity contribution in [3.05, 3.63) is 39.9 Å². The molecule has 0 aliphatic heterocycles. The molecule has 1 N–H and O–H groups in total. The predicted octanol–water partition coefficient (Wildman–Crippen LogP) is 5.03. The number of H-pyrrole nitrogens is 1. The van der Waals surface area contributed by atoms with E-state index < -0.39 is 0 Å². The van der Waals surface area contributed by atoms with Crippen LogP contribution in [0.15, 0.2) is 23.0 Å². The van der Waals surface area contributed by atoms with Gasteiger partial charge in [0.15, 0.2) is 0 Å². The van der Waals surface area contributed by atoms with E-state index in [0.717, 1.165) is 35.5 Å². The van der Waals surface area contributed by atoms with Gasteiger partial charge in [0.1, 0.15) is 11.6 Å². The van der Waals surface area contributed by atoms with Gasteiger partial charge < -0.3 is 9.78 Å². The Labute approximate surface area is 160 Å². The highest BCUT2D eigenvalue weighted by atomic mass is 32.2. The lowest BCUT2D eigenvalue weighted by molar-refractivity contribution is -0.117. The first-order valence-electron chi connectivity index (χ1n) is 9.12. The van der Waals surface area contributed by atoms with Crippen molar-refractivity contribution in [2.45, 2.75) is 70.8 Å². The second kappa shape index (κ2) is 9.36. The quantitative estimate of drug-likeness (QED) is 0.770.